The average Bonchev–Trinajstić information content (AvgIpc) is 2.82. The van der Waals surface area contributed by atoms with E-state index in [1.165, 1.54) is 31.3 Å². The molecule has 0 radical (unpaired) electrons. The van der Waals surface area contributed by atoms with Crippen LogP contribution in [-0.4, -0.2) is 30.3 Å². The van der Waals surface area contributed by atoms with Crippen molar-refractivity contribution in [1.82, 2.24) is 4.90 Å². The van der Waals surface area contributed by atoms with E-state index in [1.807, 2.05) is 42.2 Å². The van der Waals surface area contributed by atoms with Crippen LogP contribution < -0.4 is 4.90 Å². The van der Waals surface area contributed by atoms with Gasteiger partial charge in [0.05, 0.1) is 5.57 Å². The van der Waals surface area contributed by atoms with Crippen LogP contribution in [0.2, 0.25) is 0 Å². The molecule has 5 heteroatoms. The molecule has 1 aliphatic heterocycles. The lowest BCUT2D eigenvalue weighted by molar-refractivity contribution is -0.135. The van der Waals surface area contributed by atoms with Gasteiger partial charge >= 0.3 is 0 Å². The molecule has 122 valence electrons. The van der Waals surface area contributed by atoms with Gasteiger partial charge in [-0.15, -0.1) is 0 Å². The number of carbonyl (C=O) groups excluding carboxylic acids is 2. The molecule has 0 fully saturated rings. The maximum absolute atomic E-state index is 13.2. The van der Waals surface area contributed by atoms with E-state index in [9.17, 15) is 14.0 Å². The number of halogens is 1. The summed E-state index contributed by atoms with van der Waals surface area (Å²) < 4.78 is 13.2. The number of imide groups is 1. The normalized spacial score (nSPS) is 14.5. The van der Waals surface area contributed by atoms with Crippen molar-refractivity contribution in [3.05, 3.63) is 71.7 Å². The Labute approximate surface area is 139 Å². The Balaban J connectivity index is 2.19. The second-order valence-corrected chi connectivity index (χ2v) is 5.48. The van der Waals surface area contributed by atoms with Crippen LogP contribution in [0, 0.1) is 5.82 Å². The van der Waals surface area contributed by atoms with Crippen LogP contribution in [0.5, 0.6) is 0 Å². The number of anilines is 1. The van der Waals surface area contributed by atoms with E-state index in [4.69, 9.17) is 0 Å². The SMILES string of the molecule is CCN(C1=C(c2ccc(F)cc2)C(=O)N(C)C1=O)c1ccccc1. The molecule has 0 aliphatic carbocycles. The highest BCUT2D eigenvalue weighted by Crippen LogP contribution is 2.33. The fourth-order valence-electron chi connectivity index (χ4n) is 2.83. The number of rotatable bonds is 4. The summed E-state index contributed by atoms with van der Waals surface area (Å²) in [4.78, 5) is 28.2. The van der Waals surface area contributed by atoms with Gasteiger partial charge in [0.15, 0.2) is 0 Å². The van der Waals surface area contributed by atoms with E-state index < -0.39 is 0 Å². The Bertz CT molecular complexity index is 813. The topological polar surface area (TPSA) is 40.6 Å². The predicted molar refractivity (Wildman–Crippen MR) is 90.6 cm³/mol. The molecule has 2 aromatic carbocycles. The number of likely N-dealkylation sites (N-methyl/N-ethyl adjacent to an activating group) is 2. The highest BCUT2D eigenvalue weighted by molar-refractivity contribution is 6.36. The molecule has 0 atom stereocenters. The molecule has 4 nitrogen and oxygen atoms in total. The van der Waals surface area contributed by atoms with Crippen LogP contribution in [0.15, 0.2) is 60.3 Å². The van der Waals surface area contributed by atoms with Crippen molar-refractivity contribution >= 4 is 23.1 Å². The molecule has 0 saturated heterocycles. The molecule has 1 heterocycles. The molecule has 0 N–H and O–H groups in total. The Morgan fingerprint density at radius 1 is 0.958 bits per heavy atom. The zero-order valence-electron chi connectivity index (χ0n) is 13.5. The summed E-state index contributed by atoms with van der Waals surface area (Å²) in [7, 11) is 1.46. The molecule has 3 rings (SSSR count). The van der Waals surface area contributed by atoms with Crippen LogP contribution in [0.25, 0.3) is 5.57 Å². The van der Waals surface area contributed by atoms with E-state index in [1.54, 1.807) is 0 Å². The molecule has 0 unspecified atom stereocenters. The minimum atomic E-state index is -0.388. The average molecular weight is 324 g/mol. The third-order valence-electron chi connectivity index (χ3n) is 4.05. The molecule has 0 spiro atoms. The first-order chi connectivity index (χ1) is 11.5. The standard InChI is InChI=1S/C19H17FN2O2/c1-3-22(15-7-5-4-6-8-15)17-16(18(23)21(2)19(17)24)13-9-11-14(20)12-10-13/h4-12H,3H2,1-2H3. The highest BCUT2D eigenvalue weighted by Gasteiger charge is 2.39. The van der Waals surface area contributed by atoms with Gasteiger partial charge in [0, 0.05) is 19.3 Å². The van der Waals surface area contributed by atoms with Crippen LogP contribution in [-0.2, 0) is 9.59 Å². The Morgan fingerprint density at radius 3 is 2.17 bits per heavy atom. The quantitative estimate of drug-likeness (QED) is 0.812. The fraction of sp³-hybridized carbons (Fsp3) is 0.158. The Hall–Kier alpha value is -2.95. The van der Waals surface area contributed by atoms with E-state index in [2.05, 4.69) is 0 Å². The molecular formula is C19H17FN2O2. The summed E-state index contributed by atoms with van der Waals surface area (Å²) in [5.74, 6) is -1.12. The number of para-hydroxylation sites is 1. The van der Waals surface area contributed by atoms with Gasteiger partial charge in [0.1, 0.15) is 11.5 Å². The summed E-state index contributed by atoms with van der Waals surface area (Å²) in [5, 5.41) is 0. The molecule has 2 amide bonds. The summed E-state index contributed by atoms with van der Waals surface area (Å²) in [6.07, 6.45) is 0. The zero-order valence-corrected chi connectivity index (χ0v) is 13.5. The van der Waals surface area contributed by atoms with Gasteiger partial charge < -0.3 is 4.90 Å². The molecule has 0 bridgehead atoms. The molecule has 2 aromatic rings. The third kappa shape index (κ3) is 2.58. The lowest BCUT2D eigenvalue weighted by Crippen LogP contribution is -2.32. The molecule has 0 aromatic heterocycles. The number of hydrogen-bond donors (Lipinski definition) is 0. The van der Waals surface area contributed by atoms with Crippen molar-refractivity contribution in [3.8, 4) is 0 Å². The second kappa shape index (κ2) is 6.28. The number of benzene rings is 2. The van der Waals surface area contributed by atoms with Gasteiger partial charge in [-0.1, -0.05) is 30.3 Å². The summed E-state index contributed by atoms with van der Waals surface area (Å²) in [6.45, 7) is 2.44. The summed E-state index contributed by atoms with van der Waals surface area (Å²) in [6, 6.07) is 15.0. The van der Waals surface area contributed by atoms with E-state index >= 15 is 0 Å². The van der Waals surface area contributed by atoms with Gasteiger partial charge in [0.2, 0.25) is 0 Å². The number of hydrogen-bond acceptors (Lipinski definition) is 3. The Morgan fingerprint density at radius 2 is 1.58 bits per heavy atom. The first-order valence-corrected chi connectivity index (χ1v) is 7.69. The lowest BCUT2D eigenvalue weighted by Gasteiger charge is -2.24. The van der Waals surface area contributed by atoms with Crippen molar-refractivity contribution in [3.63, 3.8) is 0 Å². The molecule has 0 saturated carbocycles. The van der Waals surface area contributed by atoms with Crippen molar-refractivity contribution in [1.29, 1.82) is 0 Å². The minimum absolute atomic E-state index is 0.299. The lowest BCUT2D eigenvalue weighted by atomic mass is 10.0. The third-order valence-corrected chi connectivity index (χ3v) is 4.05. The van der Waals surface area contributed by atoms with Crippen LogP contribution in [0.1, 0.15) is 12.5 Å². The molecule has 24 heavy (non-hydrogen) atoms. The molecular weight excluding hydrogens is 307 g/mol. The minimum Gasteiger partial charge on any atom is -0.337 e. The van der Waals surface area contributed by atoms with Crippen LogP contribution >= 0.6 is 0 Å². The van der Waals surface area contributed by atoms with Crippen LogP contribution in [0.4, 0.5) is 10.1 Å². The van der Waals surface area contributed by atoms with E-state index in [0.29, 0.717) is 23.4 Å². The van der Waals surface area contributed by atoms with Gasteiger partial charge in [-0.2, -0.15) is 0 Å². The maximum atomic E-state index is 13.2. The van der Waals surface area contributed by atoms with E-state index in [0.717, 1.165) is 10.6 Å². The maximum Gasteiger partial charge on any atom is 0.277 e. The van der Waals surface area contributed by atoms with Crippen molar-refractivity contribution in [2.45, 2.75) is 6.92 Å². The van der Waals surface area contributed by atoms with E-state index in [-0.39, 0.29) is 17.6 Å². The van der Waals surface area contributed by atoms with Crippen molar-refractivity contribution < 1.29 is 14.0 Å². The smallest absolute Gasteiger partial charge is 0.277 e. The summed E-state index contributed by atoms with van der Waals surface area (Å²) in [5.41, 5.74) is 1.98. The zero-order chi connectivity index (χ0) is 17.3. The van der Waals surface area contributed by atoms with Gasteiger partial charge in [-0.3, -0.25) is 14.5 Å². The monoisotopic (exact) mass is 324 g/mol. The summed E-state index contributed by atoms with van der Waals surface area (Å²) >= 11 is 0. The largest absolute Gasteiger partial charge is 0.337 e. The molecule has 1 aliphatic rings. The number of carbonyl (C=O) groups is 2. The number of amides is 2. The predicted octanol–water partition coefficient (Wildman–Crippen LogP) is 3.06. The van der Waals surface area contributed by atoms with Gasteiger partial charge in [-0.25, -0.2) is 4.39 Å². The van der Waals surface area contributed by atoms with Gasteiger partial charge in [-0.05, 0) is 36.8 Å². The van der Waals surface area contributed by atoms with Gasteiger partial charge in [0.25, 0.3) is 11.8 Å². The number of nitrogens with zero attached hydrogens (tertiary/aromatic N) is 2. The van der Waals surface area contributed by atoms with Crippen LogP contribution in [0.3, 0.4) is 0 Å². The highest BCUT2D eigenvalue weighted by atomic mass is 19.1. The fourth-order valence-corrected chi connectivity index (χ4v) is 2.83. The second-order valence-electron chi connectivity index (χ2n) is 5.48. The van der Waals surface area contributed by atoms with Crippen molar-refractivity contribution in [2.75, 3.05) is 18.5 Å². The first kappa shape index (κ1) is 15.9. The first-order valence-electron chi connectivity index (χ1n) is 7.69. The Kier molecular flexibility index (Phi) is 4.16. The van der Waals surface area contributed by atoms with Crippen molar-refractivity contribution in [2.24, 2.45) is 0 Å².